The molecule has 132 valence electrons. The summed E-state index contributed by atoms with van der Waals surface area (Å²) in [5.74, 6) is 2.16. The third kappa shape index (κ3) is 4.02. The quantitative estimate of drug-likeness (QED) is 0.699. The van der Waals surface area contributed by atoms with Crippen molar-refractivity contribution in [2.75, 3.05) is 6.61 Å². The molecule has 0 aliphatic carbocycles. The molecular formula is C21H26N2O2. The number of nitrogens with zero attached hydrogens (tertiary/aromatic N) is 2. The molecule has 0 bridgehead atoms. The second-order valence-electron chi connectivity index (χ2n) is 6.66. The van der Waals surface area contributed by atoms with Gasteiger partial charge in [-0.05, 0) is 43.2 Å². The zero-order chi connectivity index (χ0) is 17.8. The van der Waals surface area contributed by atoms with Gasteiger partial charge in [0.05, 0.1) is 17.6 Å². The Labute approximate surface area is 149 Å². The maximum absolute atomic E-state index is 10.5. The fourth-order valence-corrected chi connectivity index (χ4v) is 3.01. The number of hydrogen-bond acceptors (Lipinski definition) is 3. The summed E-state index contributed by atoms with van der Waals surface area (Å²) in [6, 6.07) is 16.0. The van der Waals surface area contributed by atoms with E-state index in [2.05, 4.69) is 24.5 Å². The zero-order valence-electron chi connectivity index (χ0n) is 15.1. The summed E-state index contributed by atoms with van der Waals surface area (Å²) in [6.07, 6.45) is 0.417. The Morgan fingerprint density at radius 1 is 1.16 bits per heavy atom. The molecule has 0 amide bonds. The first-order chi connectivity index (χ1) is 12.1. The molecule has 0 aliphatic heterocycles. The van der Waals surface area contributed by atoms with E-state index in [1.54, 1.807) is 0 Å². The van der Waals surface area contributed by atoms with E-state index in [4.69, 9.17) is 9.72 Å². The summed E-state index contributed by atoms with van der Waals surface area (Å²) < 4.78 is 7.89. The van der Waals surface area contributed by atoms with Crippen molar-refractivity contribution in [3.05, 3.63) is 59.9 Å². The molecule has 2 unspecified atom stereocenters. The molecule has 2 aromatic carbocycles. The molecule has 25 heavy (non-hydrogen) atoms. The van der Waals surface area contributed by atoms with Crippen molar-refractivity contribution in [1.29, 1.82) is 0 Å². The van der Waals surface area contributed by atoms with Gasteiger partial charge in [-0.1, -0.05) is 38.1 Å². The van der Waals surface area contributed by atoms with Crippen molar-refractivity contribution in [3.63, 3.8) is 0 Å². The second-order valence-corrected chi connectivity index (χ2v) is 6.66. The van der Waals surface area contributed by atoms with Crippen molar-refractivity contribution >= 4 is 11.0 Å². The molecule has 0 radical (unpaired) electrons. The first-order valence-corrected chi connectivity index (χ1v) is 8.91. The molecular weight excluding hydrogens is 312 g/mol. The average Bonchev–Trinajstić information content (AvgIpc) is 2.98. The molecule has 0 spiro atoms. The Kier molecular flexibility index (Phi) is 5.39. The number of hydrogen-bond donors (Lipinski definition) is 1. The van der Waals surface area contributed by atoms with Gasteiger partial charge < -0.3 is 14.4 Å². The molecule has 4 nitrogen and oxygen atoms in total. The molecule has 3 aromatic rings. The third-order valence-electron chi connectivity index (χ3n) is 4.56. The third-order valence-corrected chi connectivity index (χ3v) is 4.56. The smallest absolute Gasteiger partial charge is 0.119 e. The first kappa shape index (κ1) is 17.5. The predicted octanol–water partition coefficient (Wildman–Crippen LogP) is 4.30. The molecule has 0 fully saturated rings. The highest BCUT2D eigenvalue weighted by Gasteiger charge is 2.18. The highest BCUT2D eigenvalue weighted by molar-refractivity contribution is 5.76. The maximum Gasteiger partial charge on any atom is 0.119 e. The molecule has 0 saturated carbocycles. The number of ether oxygens (including phenoxy) is 1. The van der Waals surface area contributed by atoms with Gasteiger partial charge >= 0.3 is 0 Å². The van der Waals surface area contributed by atoms with Crippen molar-refractivity contribution in [2.24, 2.45) is 0 Å². The SMILES string of the molecule is CCC(C)c1nc2ccccc2n1CC(O)COc1cccc(C)c1. The summed E-state index contributed by atoms with van der Waals surface area (Å²) in [7, 11) is 0. The number of imidazole rings is 1. The number of aromatic nitrogens is 2. The van der Waals surface area contributed by atoms with Crippen LogP contribution in [0.15, 0.2) is 48.5 Å². The van der Waals surface area contributed by atoms with Gasteiger partial charge in [0, 0.05) is 5.92 Å². The van der Waals surface area contributed by atoms with Crippen LogP contribution in [-0.2, 0) is 6.54 Å². The van der Waals surface area contributed by atoms with Gasteiger partial charge in [-0.15, -0.1) is 0 Å². The normalized spacial score (nSPS) is 13.8. The minimum atomic E-state index is -0.596. The van der Waals surface area contributed by atoms with E-state index in [0.29, 0.717) is 12.5 Å². The molecule has 1 aromatic heterocycles. The number of rotatable bonds is 7. The minimum Gasteiger partial charge on any atom is -0.491 e. The predicted molar refractivity (Wildman–Crippen MR) is 101 cm³/mol. The van der Waals surface area contributed by atoms with E-state index in [1.807, 2.05) is 49.4 Å². The molecule has 2 atom stereocenters. The fourth-order valence-electron chi connectivity index (χ4n) is 3.01. The highest BCUT2D eigenvalue weighted by Crippen LogP contribution is 2.24. The van der Waals surface area contributed by atoms with Crippen LogP contribution in [0.4, 0.5) is 0 Å². The number of para-hydroxylation sites is 2. The lowest BCUT2D eigenvalue weighted by molar-refractivity contribution is 0.0924. The van der Waals surface area contributed by atoms with Gasteiger partial charge in [0.2, 0.25) is 0 Å². The topological polar surface area (TPSA) is 47.3 Å². The Balaban J connectivity index is 1.77. The Morgan fingerprint density at radius 3 is 2.72 bits per heavy atom. The Morgan fingerprint density at radius 2 is 1.96 bits per heavy atom. The van der Waals surface area contributed by atoms with Crippen molar-refractivity contribution < 1.29 is 9.84 Å². The average molecular weight is 338 g/mol. The van der Waals surface area contributed by atoms with Gasteiger partial charge in [-0.2, -0.15) is 0 Å². The molecule has 0 aliphatic rings. The number of benzene rings is 2. The fraction of sp³-hybridized carbons (Fsp3) is 0.381. The van der Waals surface area contributed by atoms with E-state index in [1.165, 1.54) is 0 Å². The number of fused-ring (bicyclic) bond motifs is 1. The molecule has 1 N–H and O–H groups in total. The van der Waals surface area contributed by atoms with Crippen LogP contribution in [0.5, 0.6) is 5.75 Å². The zero-order valence-corrected chi connectivity index (χ0v) is 15.1. The van der Waals surface area contributed by atoms with Crippen LogP contribution in [0.1, 0.15) is 37.6 Å². The molecule has 0 saturated heterocycles. The second kappa shape index (κ2) is 7.70. The van der Waals surface area contributed by atoms with Crippen molar-refractivity contribution in [2.45, 2.75) is 45.8 Å². The summed E-state index contributed by atoms with van der Waals surface area (Å²) in [4.78, 5) is 4.78. The van der Waals surface area contributed by atoms with Crippen LogP contribution in [-0.4, -0.2) is 27.4 Å². The summed E-state index contributed by atoms with van der Waals surface area (Å²) >= 11 is 0. The van der Waals surface area contributed by atoms with Gasteiger partial charge in [0.1, 0.15) is 24.3 Å². The summed E-state index contributed by atoms with van der Waals surface area (Å²) in [5, 5.41) is 10.5. The minimum absolute atomic E-state index is 0.260. The first-order valence-electron chi connectivity index (χ1n) is 8.91. The monoisotopic (exact) mass is 338 g/mol. The van der Waals surface area contributed by atoms with Crippen LogP contribution < -0.4 is 4.74 Å². The lowest BCUT2D eigenvalue weighted by Gasteiger charge is -2.17. The lowest BCUT2D eigenvalue weighted by Crippen LogP contribution is -2.25. The van der Waals surface area contributed by atoms with Gasteiger partial charge in [-0.25, -0.2) is 4.98 Å². The van der Waals surface area contributed by atoms with Gasteiger partial charge in [0.25, 0.3) is 0 Å². The van der Waals surface area contributed by atoms with Crippen LogP contribution in [0.25, 0.3) is 11.0 Å². The van der Waals surface area contributed by atoms with E-state index in [0.717, 1.165) is 34.6 Å². The van der Waals surface area contributed by atoms with Gasteiger partial charge in [-0.3, -0.25) is 0 Å². The Hall–Kier alpha value is -2.33. The van der Waals surface area contributed by atoms with E-state index >= 15 is 0 Å². The standard InChI is InChI=1S/C21H26N2O2/c1-4-16(3)21-22-19-10-5-6-11-20(19)23(21)13-17(24)14-25-18-9-7-8-15(2)12-18/h5-12,16-17,24H,4,13-14H2,1-3H3. The highest BCUT2D eigenvalue weighted by atomic mass is 16.5. The van der Waals surface area contributed by atoms with E-state index in [-0.39, 0.29) is 6.61 Å². The van der Waals surface area contributed by atoms with Crippen LogP contribution >= 0.6 is 0 Å². The van der Waals surface area contributed by atoms with Crippen LogP contribution in [0.2, 0.25) is 0 Å². The van der Waals surface area contributed by atoms with Crippen molar-refractivity contribution in [3.8, 4) is 5.75 Å². The van der Waals surface area contributed by atoms with Crippen molar-refractivity contribution in [1.82, 2.24) is 9.55 Å². The van der Waals surface area contributed by atoms with Gasteiger partial charge in [0.15, 0.2) is 0 Å². The molecule has 4 heteroatoms. The van der Waals surface area contributed by atoms with E-state index < -0.39 is 6.10 Å². The summed E-state index contributed by atoms with van der Waals surface area (Å²) in [6.45, 7) is 7.10. The van der Waals surface area contributed by atoms with Crippen LogP contribution in [0, 0.1) is 6.92 Å². The maximum atomic E-state index is 10.5. The van der Waals surface area contributed by atoms with E-state index in [9.17, 15) is 5.11 Å². The number of aryl methyl sites for hydroxylation is 1. The summed E-state index contributed by atoms with van der Waals surface area (Å²) in [5.41, 5.74) is 3.18. The largest absolute Gasteiger partial charge is 0.491 e. The molecule has 3 rings (SSSR count). The molecule has 1 heterocycles. The Bertz CT molecular complexity index is 841. The number of aliphatic hydroxyl groups excluding tert-OH is 1. The lowest BCUT2D eigenvalue weighted by atomic mass is 10.1. The number of aliphatic hydroxyl groups is 1. The van der Waals surface area contributed by atoms with Crippen LogP contribution in [0.3, 0.4) is 0 Å².